The molecule has 1 aliphatic rings. The molecule has 0 radical (unpaired) electrons. The average Bonchev–Trinajstić information content (AvgIpc) is 3.35. The van der Waals surface area contributed by atoms with Crippen LogP contribution in [0, 0.1) is 0 Å². The van der Waals surface area contributed by atoms with Gasteiger partial charge in [0, 0.05) is 12.7 Å². The first-order valence-electron chi connectivity index (χ1n) is 9.02. The smallest absolute Gasteiger partial charge is 0.141 e. The van der Waals surface area contributed by atoms with Crippen LogP contribution in [0.4, 0.5) is 5.69 Å². The fourth-order valence-corrected chi connectivity index (χ4v) is 4.35. The molecule has 1 fully saturated rings. The van der Waals surface area contributed by atoms with Crippen molar-refractivity contribution < 1.29 is 0 Å². The molecule has 0 spiro atoms. The second-order valence-electron chi connectivity index (χ2n) is 7.11. The highest BCUT2D eigenvalue weighted by Crippen LogP contribution is 2.28. The number of hydrogen-bond donors (Lipinski definition) is 2. The molecule has 6 heteroatoms. The monoisotopic (exact) mass is 367 g/mol. The summed E-state index contributed by atoms with van der Waals surface area (Å²) >= 11 is 1.60. The maximum absolute atomic E-state index is 6.59. The maximum Gasteiger partial charge on any atom is 0.141 e. The molecule has 2 aromatic heterocycles. The zero-order valence-corrected chi connectivity index (χ0v) is 15.9. The lowest BCUT2D eigenvalue weighted by Crippen LogP contribution is -2.50. The molecule has 1 aliphatic heterocycles. The van der Waals surface area contributed by atoms with E-state index in [-0.39, 0.29) is 5.66 Å². The third-order valence-electron chi connectivity index (χ3n) is 5.43. The van der Waals surface area contributed by atoms with Gasteiger partial charge in [-0.2, -0.15) is 0 Å². The van der Waals surface area contributed by atoms with E-state index in [0.717, 1.165) is 36.5 Å². The minimum absolute atomic E-state index is 0.185. The number of hydrogen-bond acceptors (Lipinski definition) is 4. The van der Waals surface area contributed by atoms with Crippen LogP contribution in [0.1, 0.15) is 24.1 Å². The topological polar surface area (TPSA) is 72.6 Å². The summed E-state index contributed by atoms with van der Waals surface area (Å²) in [7, 11) is 2.13. The van der Waals surface area contributed by atoms with Crippen LogP contribution < -0.4 is 11.5 Å². The molecule has 0 amide bonds. The fraction of sp³-hybridized carbons (Fsp3) is 0.350. The summed E-state index contributed by atoms with van der Waals surface area (Å²) in [6.07, 6.45) is 5.33. The van der Waals surface area contributed by atoms with Crippen LogP contribution in [0.15, 0.2) is 53.0 Å². The largest absolute Gasteiger partial charge is 0.383 e. The summed E-state index contributed by atoms with van der Waals surface area (Å²) in [5.74, 6) is 0.561. The fourth-order valence-electron chi connectivity index (χ4n) is 3.72. The summed E-state index contributed by atoms with van der Waals surface area (Å²) in [4.78, 5) is 7.88. The predicted octanol–water partition coefficient (Wildman–Crippen LogP) is 3.51. The Balaban J connectivity index is 1.58. The van der Waals surface area contributed by atoms with Gasteiger partial charge in [-0.25, -0.2) is 4.99 Å². The minimum atomic E-state index is -0.185. The van der Waals surface area contributed by atoms with Crippen LogP contribution in [-0.4, -0.2) is 34.6 Å². The van der Waals surface area contributed by atoms with E-state index in [0.29, 0.717) is 5.84 Å². The van der Waals surface area contributed by atoms with Crippen LogP contribution in [-0.2, 0) is 6.54 Å². The van der Waals surface area contributed by atoms with Gasteiger partial charge in [0.25, 0.3) is 0 Å². The third kappa shape index (κ3) is 3.28. The Morgan fingerprint density at radius 2 is 2.19 bits per heavy atom. The van der Waals surface area contributed by atoms with Gasteiger partial charge in [-0.05, 0) is 67.9 Å². The normalized spacial score (nSPS) is 21.7. The van der Waals surface area contributed by atoms with Crippen LogP contribution in [0.2, 0.25) is 0 Å². The molecular weight excluding hydrogens is 342 g/mol. The van der Waals surface area contributed by atoms with Gasteiger partial charge in [-0.15, -0.1) is 11.3 Å². The van der Waals surface area contributed by atoms with Gasteiger partial charge in [0.15, 0.2) is 0 Å². The number of rotatable bonds is 5. The molecule has 136 valence electrons. The molecular formula is C20H25N5S. The van der Waals surface area contributed by atoms with Crippen molar-refractivity contribution in [1.29, 1.82) is 0 Å². The van der Waals surface area contributed by atoms with Gasteiger partial charge in [-0.1, -0.05) is 12.1 Å². The lowest BCUT2D eigenvalue weighted by molar-refractivity contribution is 0.161. The number of nitrogens with two attached hydrogens (primary N) is 2. The molecule has 26 heavy (non-hydrogen) atoms. The number of nitrogens with zero attached hydrogens (tertiary/aromatic N) is 3. The molecule has 0 saturated carbocycles. The molecule has 3 heterocycles. The lowest BCUT2D eigenvalue weighted by atomic mass is 10.0. The Labute approximate surface area is 157 Å². The van der Waals surface area contributed by atoms with Crippen molar-refractivity contribution >= 4 is 33.8 Å². The van der Waals surface area contributed by atoms with Crippen molar-refractivity contribution in [3.05, 3.63) is 52.9 Å². The van der Waals surface area contributed by atoms with Crippen molar-refractivity contribution in [2.24, 2.45) is 16.5 Å². The first-order chi connectivity index (χ1) is 12.5. The Bertz CT molecular complexity index is 927. The highest BCUT2D eigenvalue weighted by Gasteiger charge is 2.34. The quantitative estimate of drug-likeness (QED) is 0.535. The Morgan fingerprint density at radius 1 is 1.31 bits per heavy atom. The second-order valence-corrected chi connectivity index (χ2v) is 8.05. The lowest BCUT2D eigenvalue weighted by Gasteiger charge is -2.32. The van der Waals surface area contributed by atoms with E-state index < -0.39 is 0 Å². The second kappa shape index (κ2) is 6.87. The van der Waals surface area contributed by atoms with E-state index >= 15 is 0 Å². The molecule has 4 N–H and O–H groups in total. The summed E-state index contributed by atoms with van der Waals surface area (Å²) in [6, 6.07) is 12.3. The van der Waals surface area contributed by atoms with Gasteiger partial charge in [-0.3, -0.25) is 4.90 Å². The van der Waals surface area contributed by atoms with E-state index in [2.05, 4.69) is 45.9 Å². The standard InChI is InChI=1S/C20H25N5S/c1-24-10-3-8-20(24,22)9-12-25-11-7-15-5-6-16(14-17(15)25)23-19(21)18-4-2-13-26-18/h2,4-7,11,13-14H,3,8-10,12,22H2,1H3,(H2,21,23). The highest BCUT2D eigenvalue weighted by atomic mass is 32.1. The van der Waals surface area contributed by atoms with Gasteiger partial charge in [0.2, 0.25) is 0 Å². The first-order valence-corrected chi connectivity index (χ1v) is 9.90. The number of thiophene rings is 1. The van der Waals surface area contributed by atoms with Crippen molar-refractivity contribution in [2.75, 3.05) is 13.6 Å². The molecule has 1 aromatic carbocycles. The average molecular weight is 368 g/mol. The van der Waals surface area contributed by atoms with E-state index in [1.807, 2.05) is 23.6 Å². The Morgan fingerprint density at radius 3 is 2.92 bits per heavy atom. The molecule has 0 bridgehead atoms. The van der Waals surface area contributed by atoms with Crippen molar-refractivity contribution in [2.45, 2.75) is 31.5 Å². The van der Waals surface area contributed by atoms with Gasteiger partial charge < -0.3 is 16.0 Å². The van der Waals surface area contributed by atoms with Crippen molar-refractivity contribution in [3.63, 3.8) is 0 Å². The number of aromatic nitrogens is 1. The summed E-state index contributed by atoms with van der Waals surface area (Å²) in [5.41, 5.74) is 14.6. The van der Waals surface area contributed by atoms with Gasteiger partial charge >= 0.3 is 0 Å². The highest BCUT2D eigenvalue weighted by molar-refractivity contribution is 7.12. The van der Waals surface area contributed by atoms with Crippen molar-refractivity contribution in [1.82, 2.24) is 9.47 Å². The zero-order valence-electron chi connectivity index (χ0n) is 15.1. The number of aryl methyl sites for hydroxylation is 1. The van der Waals surface area contributed by atoms with E-state index in [1.165, 1.54) is 17.3 Å². The minimum Gasteiger partial charge on any atom is -0.383 e. The number of fused-ring (bicyclic) bond motifs is 1. The molecule has 3 aromatic rings. The van der Waals surface area contributed by atoms with E-state index in [1.54, 1.807) is 11.3 Å². The molecule has 4 rings (SSSR count). The SMILES string of the molecule is CN1CCCC1(N)CCn1ccc2ccc(N=C(N)c3cccs3)cc21. The summed E-state index contributed by atoms with van der Waals surface area (Å²) in [5, 5.41) is 3.22. The van der Waals surface area contributed by atoms with Crippen LogP contribution in [0.3, 0.4) is 0 Å². The molecule has 0 aliphatic carbocycles. The number of aliphatic imine (C=N–C) groups is 1. The Hall–Kier alpha value is -2.15. The summed E-state index contributed by atoms with van der Waals surface area (Å²) in [6.45, 7) is 1.99. The van der Waals surface area contributed by atoms with Crippen LogP contribution in [0.5, 0.6) is 0 Å². The third-order valence-corrected chi connectivity index (χ3v) is 6.32. The van der Waals surface area contributed by atoms with Crippen molar-refractivity contribution in [3.8, 4) is 0 Å². The van der Waals surface area contributed by atoms with Crippen LogP contribution in [0.25, 0.3) is 10.9 Å². The molecule has 1 unspecified atom stereocenters. The van der Waals surface area contributed by atoms with Crippen LogP contribution >= 0.6 is 11.3 Å². The molecule has 5 nitrogen and oxygen atoms in total. The summed E-state index contributed by atoms with van der Waals surface area (Å²) < 4.78 is 2.27. The maximum atomic E-state index is 6.59. The van der Waals surface area contributed by atoms with Gasteiger partial charge in [0.05, 0.1) is 21.7 Å². The Kier molecular flexibility index (Phi) is 4.56. The molecule has 1 atom stereocenters. The van der Waals surface area contributed by atoms with E-state index in [9.17, 15) is 0 Å². The van der Waals surface area contributed by atoms with Gasteiger partial charge in [0.1, 0.15) is 5.84 Å². The number of likely N-dealkylation sites (tertiary alicyclic amines) is 1. The first kappa shape index (κ1) is 17.3. The zero-order chi connectivity index (χ0) is 18.1. The molecule has 1 saturated heterocycles. The van der Waals surface area contributed by atoms with E-state index in [4.69, 9.17) is 11.5 Å². The number of amidine groups is 1. The predicted molar refractivity (Wildman–Crippen MR) is 110 cm³/mol. The number of benzene rings is 1.